The first-order valence-corrected chi connectivity index (χ1v) is 8.93. The summed E-state index contributed by atoms with van der Waals surface area (Å²) in [6, 6.07) is 5.57. The van der Waals surface area contributed by atoms with E-state index in [1.54, 1.807) is 0 Å². The summed E-state index contributed by atoms with van der Waals surface area (Å²) < 4.78 is 0. The highest BCUT2D eigenvalue weighted by atomic mass is 32.1. The lowest BCUT2D eigenvalue weighted by Gasteiger charge is -2.38. The molecule has 0 aromatic carbocycles. The molecule has 0 spiro atoms. The van der Waals surface area contributed by atoms with Crippen LogP contribution in [0, 0.1) is 5.92 Å². The monoisotopic (exact) mass is 296 g/mol. The minimum Gasteiger partial charge on any atom is -0.329 e. The number of nitrogens with two attached hydrogens (primary N) is 1. The Morgan fingerprint density at radius 2 is 1.80 bits per heavy atom. The Labute approximate surface area is 129 Å². The fraction of sp³-hybridized carbons (Fsp3) is 0.765. The second-order valence-corrected chi connectivity index (χ2v) is 7.17. The van der Waals surface area contributed by atoms with E-state index in [4.69, 9.17) is 5.73 Å². The van der Waals surface area contributed by atoms with Gasteiger partial charge in [0, 0.05) is 28.9 Å². The van der Waals surface area contributed by atoms with Crippen LogP contribution in [0.2, 0.25) is 0 Å². The number of hydrogen-bond acceptors (Lipinski definition) is 3. The zero-order valence-electron chi connectivity index (χ0n) is 13.9. The topological polar surface area (TPSA) is 29.3 Å². The molecule has 0 saturated carbocycles. The molecule has 1 aromatic heterocycles. The van der Waals surface area contributed by atoms with Crippen molar-refractivity contribution in [1.82, 2.24) is 4.90 Å². The Balaban J connectivity index is 2.99. The summed E-state index contributed by atoms with van der Waals surface area (Å²) in [6.45, 7) is 13.3. The van der Waals surface area contributed by atoms with Crippen molar-refractivity contribution < 1.29 is 0 Å². The Kier molecular flexibility index (Phi) is 7.78. The number of aryl methyl sites for hydroxylation is 1. The van der Waals surface area contributed by atoms with Gasteiger partial charge in [-0.05, 0) is 37.3 Å². The van der Waals surface area contributed by atoms with Crippen molar-refractivity contribution >= 4 is 11.3 Å². The summed E-state index contributed by atoms with van der Waals surface area (Å²) in [5, 5.41) is 0. The molecule has 1 heterocycles. The van der Waals surface area contributed by atoms with Crippen molar-refractivity contribution in [3.05, 3.63) is 21.9 Å². The molecule has 0 fully saturated rings. The summed E-state index contributed by atoms with van der Waals surface area (Å²) in [5.74, 6) is 0.676. The maximum atomic E-state index is 6.14. The molecule has 1 unspecified atom stereocenters. The van der Waals surface area contributed by atoms with E-state index in [1.165, 1.54) is 22.6 Å². The number of nitrogens with zero attached hydrogens (tertiary/aromatic N) is 1. The van der Waals surface area contributed by atoms with Gasteiger partial charge in [-0.2, -0.15) is 0 Å². The molecule has 0 aliphatic rings. The molecule has 0 amide bonds. The molecule has 0 aliphatic heterocycles. The molecule has 1 aromatic rings. The van der Waals surface area contributed by atoms with Gasteiger partial charge in [0.15, 0.2) is 0 Å². The largest absolute Gasteiger partial charge is 0.329 e. The van der Waals surface area contributed by atoms with Gasteiger partial charge in [-0.1, -0.05) is 34.6 Å². The van der Waals surface area contributed by atoms with Crippen LogP contribution in [0.4, 0.5) is 0 Å². The van der Waals surface area contributed by atoms with Crippen LogP contribution in [0.5, 0.6) is 0 Å². The maximum absolute atomic E-state index is 6.14. The SMILES string of the molecule is CCc1ccc(C(CN)N(CC(C)C)C(CC)CC)s1. The Morgan fingerprint density at radius 3 is 2.20 bits per heavy atom. The average molecular weight is 297 g/mol. The molecule has 0 saturated heterocycles. The van der Waals surface area contributed by atoms with Crippen molar-refractivity contribution in [3.63, 3.8) is 0 Å². The fourth-order valence-corrected chi connectivity index (χ4v) is 3.98. The Hall–Kier alpha value is -0.380. The van der Waals surface area contributed by atoms with Gasteiger partial charge in [-0.25, -0.2) is 0 Å². The molecule has 0 aliphatic carbocycles. The molecule has 116 valence electrons. The van der Waals surface area contributed by atoms with Crippen LogP contribution in [0.1, 0.15) is 63.3 Å². The van der Waals surface area contributed by atoms with E-state index in [0.29, 0.717) is 24.5 Å². The van der Waals surface area contributed by atoms with Crippen LogP contribution in [0.15, 0.2) is 12.1 Å². The highest BCUT2D eigenvalue weighted by Gasteiger charge is 2.26. The lowest BCUT2D eigenvalue weighted by atomic mass is 10.0. The lowest BCUT2D eigenvalue weighted by Crippen LogP contribution is -2.42. The molecule has 3 heteroatoms. The van der Waals surface area contributed by atoms with E-state index < -0.39 is 0 Å². The van der Waals surface area contributed by atoms with Crippen LogP contribution in [-0.2, 0) is 6.42 Å². The quantitative estimate of drug-likeness (QED) is 0.729. The minimum absolute atomic E-state index is 0.382. The molecular formula is C17H32N2S. The van der Waals surface area contributed by atoms with Gasteiger partial charge >= 0.3 is 0 Å². The van der Waals surface area contributed by atoms with Crippen LogP contribution in [0.25, 0.3) is 0 Å². The molecule has 0 radical (unpaired) electrons. The van der Waals surface area contributed by atoms with E-state index >= 15 is 0 Å². The van der Waals surface area contributed by atoms with Gasteiger partial charge in [0.1, 0.15) is 0 Å². The van der Waals surface area contributed by atoms with Gasteiger partial charge in [-0.15, -0.1) is 11.3 Å². The predicted octanol–water partition coefficient (Wildman–Crippen LogP) is 4.46. The number of thiophene rings is 1. The van der Waals surface area contributed by atoms with Crippen molar-refractivity contribution in [3.8, 4) is 0 Å². The van der Waals surface area contributed by atoms with Crippen LogP contribution in [-0.4, -0.2) is 24.0 Å². The third-order valence-electron chi connectivity index (χ3n) is 3.97. The third kappa shape index (κ3) is 4.57. The van der Waals surface area contributed by atoms with E-state index in [-0.39, 0.29) is 0 Å². The lowest BCUT2D eigenvalue weighted by molar-refractivity contribution is 0.114. The molecule has 1 rings (SSSR count). The molecule has 20 heavy (non-hydrogen) atoms. The van der Waals surface area contributed by atoms with E-state index in [1.807, 2.05) is 11.3 Å². The normalized spacial score (nSPS) is 13.7. The first-order chi connectivity index (χ1) is 9.57. The zero-order valence-corrected chi connectivity index (χ0v) is 14.7. The predicted molar refractivity (Wildman–Crippen MR) is 91.4 cm³/mol. The molecule has 2 N–H and O–H groups in total. The molecule has 2 nitrogen and oxygen atoms in total. The van der Waals surface area contributed by atoms with Gasteiger partial charge in [0.2, 0.25) is 0 Å². The highest BCUT2D eigenvalue weighted by Crippen LogP contribution is 2.31. The van der Waals surface area contributed by atoms with E-state index in [9.17, 15) is 0 Å². The van der Waals surface area contributed by atoms with Gasteiger partial charge in [0.25, 0.3) is 0 Å². The summed E-state index contributed by atoms with van der Waals surface area (Å²) in [7, 11) is 0. The number of rotatable bonds is 9. The zero-order chi connectivity index (χ0) is 15.1. The smallest absolute Gasteiger partial charge is 0.0566 e. The fourth-order valence-electron chi connectivity index (χ4n) is 2.89. The van der Waals surface area contributed by atoms with Crippen molar-refractivity contribution in [2.45, 2.75) is 66.0 Å². The molecular weight excluding hydrogens is 264 g/mol. The standard InChI is InChI=1S/C17H32N2S/c1-6-14(7-2)19(12-13(4)5)16(11-18)17-10-9-15(8-3)20-17/h9-10,13-14,16H,6-8,11-12,18H2,1-5H3. The van der Waals surface area contributed by atoms with Gasteiger partial charge < -0.3 is 5.73 Å². The van der Waals surface area contributed by atoms with E-state index in [2.05, 4.69) is 51.7 Å². The summed E-state index contributed by atoms with van der Waals surface area (Å²) in [5.41, 5.74) is 6.14. The molecule has 0 bridgehead atoms. The highest BCUT2D eigenvalue weighted by molar-refractivity contribution is 7.12. The Morgan fingerprint density at radius 1 is 1.15 bits per heavy atom. The maximum Gasteiger partial charge on any atom is 0.0566 e. The first kappa shape index (κ1) is 17.7. The van der Waals surface area contributed by atoms with Crippen LogP contribution < -0.4 is 5.73 Å². The van der Waals surface area contributed by atoms with Gasteiger partial charge in [-0.3, -0.25) is 4.90 Å². The molecule has 1 atom stereocenters. The van der Waals surface area contributed by atoms with Crippen molar-refractivity contribution in [2.24, 2.45) is 11.7 Å². The average Bonchev–Trinajstić information content (AvgIpc) is 2.89. The van der Waals surface area contributed by atoms with Crippen molar-refractivity contribution in [1.29, 1.82) is 0 Å². The third-order valence-corrected chi connectivity index (χ3v) is 5.30. The van der Waals surface area contributed by atoms with E-state index in [0.717, 1.165) is 13.0 Å². The summed E-state index contributed by atoms with van der Waals surface area (Å²) >= 11 is 1.94. The summed E-state index contributed by atoms with van der Waals surface area (Å²) in [6.07, 6.45) is 3.52. The van der Waals surface area contributed by atoms with Crippen LogP contribution >= 0.6 is 11.3 Å². The number of hydrogen-bond donors (Lipinski definition) is 1. The van der Waals surface area contributed by atoms with Gasteiger partial charge in [0.05, 0.1) is 6.04 Å². The van der Waals surface area contributed by atoms with Crippen molar-refractivity contribution in [2.75, 3.05) is 13.1 Å². The summed E-state index contributed by atoms with van der Waals surface area (Å²) in [4.78, 5) is 5.56. The Bertz CT molecular complexity index is 369. The first-order valence-electron chi connectivity index (χ1n) is 8.11. The van der Waals surface area contributed by atoms with Crippen LogP contribution in [0.3, 0.4) is 0 Å². The minimum atomic E-state index is 0.382. The second kappa shape index (κ2) is 8.81. The second-order valence-electron chi connectivity index (χ2n) is 5.97.